The fourth-order valence-corrected chi connectivity index (χ4v) is 2.13. The van der Waals surface area contributed by atoms with E-state index in [4.69, 9.17) is 4.74 Å². The fraction of sp³-hybridized carbons (Fsp3) is 0.385. The average molecular weight is 251 g/mol. The van der Waals surface area contributed by atoms with Gasteiger partial charge in [0.2, 0.25) is 5.91 Å². The van der Waals surface area contributed by atoms with Crippen molar-refractivity contribution in [3.8, 4) is 0 Å². The number of amides is 1. The molecule has 0 spiro atoms. The Balaban J connectivity index is 2.03. The van der Waals surface area contributed by atoms with Crippen LogP contribution < -0.4 is 5.32 Å². The molecule has 1 heterocycles. The minimum atomic E-state index is -0.403. The topological polar surface area (TPSA) is 55.4 Å². The van der Waals surface area contributed by atoms with Gasteiger partial charge in [0.25, 0.3) is 6.47 Å². The van der Waals surface area contributed by atoms with Gasteiger partial charge in [0, 0.05) is 12.8 Å². The summed E-state index contributed by atoms with van der Waals surface area (Å²) in [4.78, 5) is 21.7. The zero-order chi connectivity index (χ0) is 13.0. The number of rotatable bonds is 5. The van der Waals surface area contributed by atoms with E-state index >= 15 is 0 Å². The fourth-order valence-electron chi connectivity index (χ4n) is 2.13. The van der Waals surface area contributed by atoms with Crippen molar-refractivity contribution >= 4 is 12.4 Å². The Bertz CT molecular complexity index is 432. The van der Waals surface area contributed by atoms with Gasteiger partial charge < -0.3 is 10.1 Å². The third kappa shape index (κ3) is 3.06. The van der Waals surface area contributed by atoms with Crippen LogP contribution in [0.2, 0.25) is 0 Å². The Morgan fingerprint density at radius 2 is 2.17 bits per heavy atom. The number of nitrogens with one attached hydrogen (secondary N) is 1. The standard InChI is InChI=1S/C13H14FNO3/c14-10-3-1-9(2-4-10)7-12(18-8-16)11-5-6-13(17)15-11/h1-4,8,11-12H,5-7H2,(H,15,17). The first kappa shape index (κ1) is 12.5. The number of ether oxygens (including phenoxy) is 1. The zero-order valence-electron chi connectivity index (χ0n) is 9.77. The Morgan fingerprint density at radius 3 is 2.72 bits per heavy atom. The van der Waals surface area contributed by atoms with Gasteiger partial charge in [-0.1, -0.05) is 12.1 Å². The minimum Gasteiger partial charge on any atom is -0.462 e. The molecule has 2 rings (SSSR count). The highest BCUT2D eigenvalue weighted by Gasteiger charge is 2.30. The monoisotopic (exact) mass is 251 g/mol. The van der Waals surface area contributed by atoms with Gasteiger partial charge in [-0.2, -0.15) is 0 Å². The molecule has 1 aliphatic heterocycles. The lowest BCUT2D eigenvalue weighted by molar-refractivity contribution is -0.135. The molecule has 4 nitrogen and oxygen atoms in total. The summed E-state index contributed by atoms with van der Waals surface area (Å²) in [6, 6.07) is 5.86. The van der Waals surface area contributed by atoms with Crippen LogP contribution in [0, 0.1) is 5.82 Å². The molecule has 96 valence electrons. The first-order valence-electron chi connectivity index (χ1n) is 5.82. The molecule has 2 atom stereocenters. The van der Waals surface area contributed by atoms with E-state index in [1.165, 1.54) is 12.1 Å². The summed E-state index contributed by atoms with van der Waals surface area (Å²) in [7, 11) is 0. The van der Waals surface area contributed by atoms with E-state index in [0.717, 1.165) is 5.56 Å². The van der Waals surface area contributed by atoms with Gasteiger partial charge in [0.1, 0.15) is 11.9 Å². The number of hydrogen-bond acceptors (Lipinski definition) is 3. The van der Waals surface area contributed by atoms with E-state index in [2.05, 4.69) is 5.32 Å². The largest absolute Gasteiger partial charge is 0.462 e. The van der Waals surface area contributed by atoms with Crippen molar-refractivity contribution in [3.63, 3.8) is 0 Å². The molecule has 18 heavy (non-hydrogen) atoms. The maximum atomic E-state index is 12.8. The van der Waals surface area contributed by atoms with Crippen LogP contribution in [0.3, 0.4) is 0 Å². The molecular formula is C13H14FNO3. The zero-order valence-corrected chi connectivity index (χ0v) is 9.77. The number of benzene rings is 1. The number of halogens is 1. The number of carbonyl (C=O) groups is 2. The Kier molecular flexibility index (Phi) is 3.92. The highest BCUT2D eigenvalue weighted by Crippen LogP contribution is 2.17. The van der Waals surface area contributed by atoms with Crippen LogP contribution in [0.4, 0.5) is 4.39 Å². The molecular weight excluding hydrogens is 237 g/mol. The summed E-state index contributed by atoms with van der Waals surface area (Å²) >= 11 is 0. The van der Waals surface area contributed by atoms with Gasteiger partial charge in [-0.3, -0.25) is 9.59 Å². The molecule has 0 aliphatic carbocycles. The summed E-state index contributed by atoms with van der Waals surface area (Å²) in [6.07, 6.45) is 1.16. The highest BCUT2D eigenvalue weighted by molar-refractivity contribution is 5.78. The smallest absolute Gasteiger partial charge is 0.293 e. The lowest BCUT2D eigenvalue weighted by atomic mass is 10.0. The summed E-state index contributed by atoms with van der Waals surface area (Å²) < 4.78 is 17.8. The van der Waals surface area contributed by atoms with Crippen molar-refractivity contribution in [2.75, 3.05) is 0 Å². The summed E-state index contributed by atoms with van der Waals surface area (Å²) in [5, 5.41) is 2.77. The molecule has 1 aliphatic rings. The Labute approximate surface area is 104 Å². The van der Waals surface area contributed by atoms with Crippen molar-refractivity contribution in [2.45, 2.75) is 31.4 Å². The van der Waals surface area contributed by atoms with E-state index in [0.29, 0.717) is 25.7 Å². The maximum Gasteiger partial charge on any atom is 0.293 e. The Morgan fingerprint density at radius 1 is 1.44 bits per heavy atom. The first-order chi connectivity index (χ1) is 8.69. The first-order valence-corrected chi connectivity index (χ1v) is 5.82. The summed E-state index contributed by atoms with van der Waals surface area (Å²) in [5.41, 5.74) is 0.865. The van der Waals surface area contributed by atoms with Gasteiger partial charge in [0.15, 0.2) is 0 Å². The quantitative estimate of drug-likeness (QED) is 0.800. The van der Waals surface area contributed by atoms with Crippen LogP contribution in [-0.2, 0) is 20.7 Å². The molecule has 0 bridgehead atoms. The van der Waals surface area contributed by atoms with Gasteiger partial charge in [-0.15, -0.1) is 0 Å². The molecule has 0 saturated carbocycles. The van der Waals surface area contributed by atoms with E-state index in [1.54, 1.807) is 12.1 Å². The second-order valence-electron chi connectivity index (χ2n) is 4.31. The lowest BCUT2D eigenvalue weighted by Crippen LogP contribution is -2.39. The average Bonchev–Trinajstić information content (AvgIpc) is 2.78. The van der Waals surface area contributed by atoms with Gasteiger partial charge >= 0.3 is 0 Å². The van der Waals surface area contributed by atoms with Crippen LogP contribution in [0.25, 0.3) is 0 Å². The van der Waals surface area contributed by atoms with Crippen molar-refractivity contribution in [2.24, 2.45) is 0 Å². The molecule has 0 aromatic heterocycles. The molecule has 2 unspecified atom stereocenters. The van der Waals surface area contributed by atoms with E-state index in [-0.39, 0.29) is 17.8 Å². The molecule has 1 aromatic rings. The highest BCUT2D eigenvalue weighted by atomic mass is 19.1. The second-order valence-corrected chi connectivity index (χ2v) is 4.31. The maximum absolute atomic E-state index is 12.8. The molecule has 1 N–H and O–H groups in total. The minimum absolute atomic E-state index is 0.0291. The van der Waals surface area contributed by atoms with Crippen LogP contribution in [-0.4, -0.2) is 24.5 Å². The van der Waals surface area contributed by atoms with E-state index in [1.807, 2.05) is 0 Å². The molecule has 0 radical (unpaired) electrons. The van der Waals surface area contributed by atoms with Crippen LogP contribution in [0.1, 0.15) is 18.4 Å². The summed E-state index contributed by atoms with van der Waals surface area (Å²) in [5.74, 6) is -0.334. The van der Waals surface area contributed by atoms with Crippen LogP contribution >= 0.6 is 0 Å². The van der Waals surface area contributed by atoms with Gasteiger partial charge in [-0.05, 0) is 24.1 Å². The molecule has 1 amide bonds. The molecule has 1 fully saturated rings. The van der Waals surface area contributed by atoms with Crippen molar-refractivity contribution in [1.29, 1.82) is 0 Å². The number of carbonyl (C=O) groups excluding carboxylic acids is 2. The van der Waals surface area contributed by atoms with Crippen molar-refractivity contribution in [1.82, 2.24) is 5.32 Å². The van der Waals surface area contributed by atoms with Crippen LogP contribution in [0.15, 0.2) is 24.3 Å². The van der Waals surface area contributed by atoms with Crippen molar-refractivity contribution in [3.05, 3.63) is 35.6 Å². The third-order valence-electron chi connectivity index (χ3n) is 3.06. The predicted octanol–water partition coefficient (Wildman–Crippen LogP) is 1.19. The summed E-state index contributed by atoms with van der Waals surface area (Å²) in [6.45, 7) is 0.388. The Hall–Kier alpha value is -1.91. The third-order valence-corrected chi connectivity index (χ3v) is 3.06. The molecule has 1 saturated heterocycles. The number of hydrogen-bond donors (Lipinski definition) is 1. The van der Waals surface area contributed by atoms with E-state index in [9.17, 15) is 14.0 Å². The molecule has 1 aromatic carbocycles. The second kappa shape index (κ2) is 5.62. The van der Waals surface area contributed by atoms with E-state index < -0.39 is 6.10 Å². The normalized spacial score (nSPS) is 20.3. The van der Waals surface area contributed by atoms with Crippen molar-refractivity contribution < 1.29 is 18.7 Å². The SMILES string of the molecule is O=COC(Cc1ccc(F)cc1)C1CCC(=O)N1. The lowest BCUT2D eigenvalue weighted by Gasteiger charge is -2.21. The van der Waals surface area contributed by atoms with Gasteiger partial charge in [0.05, 0.1) is 6.04 Å². The molecule has 5 heteroatoms. The van der Waals surface area contributed by atoms with Gasteiger partial charge in [-0.25, -0.2) is 4.39 Å². The predicted molar refractivity (Wildman–Crippen MR) is 62.2 cm³/mol. The van der Waals surface area contributed by atoms with Crippen LogP contribution in [0.5, 0.6) is 0 Å².